The number of hydrogen-bond acceptors (Lipinski definition) is 4. The van der Waals surface area contributed by atoms with E-state index in [1.165, 1.54) is 6.07 Å². The summed E-state index contributed by atoms with van der Waals surface area (Å²) in [5.41, 5.74) is 1.29. The number of fused-ring (bicyclic) bond motifs is 1. The van der Waals surface area contributed by atoms with E-state index < -0.39 is 11.6 Å². The molecule has 112 valence electrons. The molecule has 0 radical (unpaired) electrons. The second-order valence-electron chi connectivity index (χ2n) is 4.77. The number of nitrogens with one attached hydrogen (secondary N) is 1. The molecule has 0 aliphatic heterocycles. The van der Waals surface area contributed by atoms with E-state index in [0.717, 1.165) is 17.5 Å². The molecule has 0 bridgehead atoms. The number of anilines is 1. The Morgan fingerprint density at radius 2 is 1.82 bits per heavy atom. The predicted molar refractivity (Wildman–Crippen MR) is 79.1 cm³/mol. The minimum absolute atomic E-state index is 0.273. The molecular weight excluding hydrogens is 288 g/mol. The summed E-state index contributed by atoms with van der Waals surface area (Å²) in [6.45, 7) is 0.00771. The third kappa shape index (κ3) is 2.87. The van der Waals surface area contributed by atoms with Crippen LogP contribution in [0.2, 0.25) is 0 Å². The molecule has 1 heterocycles. The molecule has 0 fully saturated rings. The van der Waals surface area contributed by atoms with Crippen molar-refractivity contribution in [3.05, 3.63) is 65.5 Å². The zero-order valence-electron chi connectivity index (χ0n) is 11.6. The second-order valence-corrected chi connectivity index (χ2v) is 4.77. The van der Waals surface area contributed by atoms with Crippen LogP contribution in [0.1, 0.15) is 11.4 Å². The molecule has 3 rings (SSSR count). The number of aromatic nitrogens is 2. The monoisotopic (exact) mass is 301 g/mol. The van der Waals surface area contributed by atoms with Crippen LogP contribution in [0.25, 0.3) is 10.9 Å². The molecule has 0 atom stereocenters. The lowest BCUT2D eigenvalue weighted by Gasteiger charge is -2.10. The Morgan fingerprint density at radius 3 is 2.59 bits per heavy atom. The van der Waals surface area contributed by atoms with Gasteiger partial charge >= 0.3 is 0 Å². The van der Waals surface area contributed by atoms with Crippen molar-refractivity contribution in [2.45, 2.75) is 13.2 Å². The van der Waals surface area contributed by atoms with Crippen LogP contribution >= 0.6 is 0 Å². The van der Waals surface area contributed by atoms with E-state index in [2.05, 4.69) is 15.3 Å². The average Bonchev–Trinajstić information content (AvgIpc) is 2.55. The van der Waals surface area contributed by atoms with Crippen LogP contribution in [0.5, 0.6) is 0 Å². The van der Waals surface area contributed by atoms with Crippen molar-refractivity contribution in [2.24, 2.45) is 0 Å². The highest BCUT2D eigenvalue weighted by Crippen LogP contribution is 2.21. The lowest BCUT2D eigenvalue weighted by molar-refractivity contribution is 0.272. The predicted octanol–water partition coefficient (Wildman–Crippen LogP) is 3.01. The maximum Gasteiger partial charge on any atom is 0.159 e. The standard InChI is InChI=1S/C16H13F2N3O/c17-12-6-5-10(7-13(12)18)8-19-16-11-3-1-2-4-14(11)20-15(9-22)21-16/h1-7,22H,8-9H2,(H,19,20,21). The molecule has 0 aliphatic rings. The first-order chi connectivity index (χ1) is 10.7. The van der Waals surface area contributed by atoms with E-state index in [1.807, 2.05) is 24.3 Å². The first-order valence-corrected chi connectivity index (χ1v) is 6.71. The molecule has 2 aromatic carbocycles. The van der Waals surface area contributed by atoms with Gasteiger partial charge in [0.1, 0.15) is 12.4 Å². The third-order valence-electron chi connectivity index (χ3n) is 3.23. The van der Waals surface area contributed by atoms with Gasteiger partial charge in [-0.05, 0) is 29.8 Å². The molecule has 22 heavy (non-hydrogen) atoms. The second kappa shape index (κ2) is 6.03. The Bertz CT molecular complexity index is 824. The van der Waals surface area contributed by atoms with Gasteiger partial charge < -0.3 is 10.4 Å². The first kappa shape index (κ1) is 14.3. The van der Waals surface area contributed by atoms with E-state index in [4.69, 9.17) is 0 Å². The van der Waals surface area contributed by atoms with Gasteiger partial charge in [-0.3, -0.25) is 0 Å². The summed E-state index contributed by atoms with van der Waals surface area (Å²) in [7, 11) is 0. The molecule has 0 saturated carbocycles. The van der Waals surface area contributed by atoms with Gasteiger partial charge in [0.15, 0.2) is 17.5 Å². The van der Waals surface area contributed by atoms with Crippen LogP contribution in [-0.4, -0.2) is 15.1 Å². The third-order valence-corrected chi connectivity index (χ3v) is 3.23. The summed E-state index contributed by atoms with van der Waals surface area (Å²) >= 11 is 0. The molecule has 0 amide bonds. The summed E-state index contributed by atoms with van der Waals surface area (Å²) in [4.78, 5) is 8.46. The normalized spacial score (nSPS) is 10.9. The van der Waals surface area contributed by atoms with Gasteiger partial charge in [0.05, 0.1) is 5.52 Å². The SMILES string of the molecule is OCc1nc(NCc2ccc(F)c(F)c2)c2ccccc2n1. The molecule has 0 spiro atoms. The molecular formula is C16H13F2N3O. The fourth-order valence-electron chi connectivity index (χ4n) is 2.17. The van der Waals surface area contributed by atoms with Crippen molar-refractivity contribution in [2.75, 3.05) is 5.32 Å². The lowest BCUT2D eigenvalue weighted by Crippen LogP contribution is -2.06. The van der Waals surface area contributed by atoms with Crippen molar-refractivity contribution in [3.63, 3.8) is 0 Å². The molecule has 0 unspecified atom stereocenters. The van der Waals surface area contributed by atoms with Gasteiger partial charge in [0, 0.05) is 11.9 Å². The smallest absolute Gasteiger partial charge is 0.159 e. The quantitative estimate of drug-likeness (QED) is 0.778. The van der Waals surface area contributed by atoms with Crippen molar-refractivity contribution in [3.8, 4) is 0 Å². The minimum atomic E-state index is -0.886. The molecule has 6 heteroatoms. The van der Waals surface area contributed by atoms with Gasteiger partial charge in [-0.25, -0.2) is 18.7 Å². The van der Waals surface area contributed by atoms with Crippen molar-refractivity contribution in [1.29, 1.82) is 0 Å². The lowest BCUT2D eigenvalue weighted by atomic mass is 10.2. The largest absolute Gasteiger partial charge is 0.388 e. The van der Waals surface area contributed by atoms with Crippen molar-refractivity contribution < 1.29 is 13.9 Å². The van der Waals surface area contributed by atoms with Crippen LogP contribution in [0, 0.1) is 11.6 Å². The highest BCUT2D eigenvalue weighted by Gasteiger charge is 2.08. The highest BCUT2D eigenvalue weighted by molar-refractivity contribution is 5.88. The average molecular weight is 301 g/mol. The zero-order valence-corrected chi connectivity index (χ0v) is 11.6. The first-order valence-electron chi connectivity index (χ1n) is 6.71. The van der Waals surface area contributed by atoms with Crippen LogP contribution < -0.4 is 5.32 Å². The summed E-state index contributed by atoms with van der Waals surface area (Å²) in [5, 5.41) is 13.1. The van der Waals surface area contributed by atoms with E-state index in [1.54, 1.807) is 0 Å². The highest BCUT2D eigenvalue weighted by atomic mass is 19.2. The number of aliphatic hydroxyl groups is 1. The number of benzene rings is 2. The number of rotatable bonds is 4. The Hall–Kier alpha value is -2.60. The topological polar surface area (TPSA) is 58.0 Å². The Morgan fingerprint density at radius 1 is 1.00 bits per heavy atom. The van der Waals surface area contributed by atoms with E-state index in [0.29, 0.717) is 22.7 Å². The number of hydrogen-bond donors (Lipinski definition) is 2. The molecule has 4 nitrogen and oxygen atoms in total. The van der Waals surface area contributed by atoms with Crippen molar-refractivity contribution in [1.82, 2.24) is 9.97 Å². The number of halogens is 2. The van der Waals surface area contributed by atoms with E-state index in [-0.39, 0.29) is 13.2 Å². The summed E-state index contributed by atoms with van der Waals surface area (Å²) in [5.74, 6) is -0.924. The maximum absolute atomic E-state index is 13.2. The van der Waals surface area contributed by atoms with E-state index >= 15 is 0 Å². The maximum atomic E-state index is 13.2. The van der Waals surface area contributed by atoms with E-state index in [9.17, 15) is 13.9 Å². The van der Waals surface area contributed by atoms with Gasteiger partial charge in [0.2, 0.25) is 0 Å². The Labute approximate surface area is 125 Å². The minimum Gasteiger partial charge on any atom is -0.388 e. The molecule has 3 aromatic rings. The van der Waals surface area contributed by atoms with Gasteiger partial charge in [0.25, 0.3) is 0 Å². The number of nitrogens with zero attached hydrogens (tertiary/aromatic N) is 2. The van der Waals surface area contributed by atoms with Crippen LogP contribution in [0.15, 0.2) is 42.5 Å². The molecule has 2 N–H and O–H groups in total. The Kier molecular flexibility index (Phi) is 3.93. The van der Waals surface area contributed by atoms with Crippen LogP contribution in [0.4, 0.5) is 14.6 Å². The van der Waals surface area contributed by atoms with Crippen LogP contribution in [0.3, 0.4) is 0 Å². The van der Waals surface area contributed by atoms with Crippen LogP contribution in [-0.2, 0) is 13.2 Å². The van der Waals surface area contributed by atoms with Gasteiger partial charge in [-0.15, -0.1) is 0 Å². The molecule has 0 aliphatic carbocycles. The van der Waals surface area contributed by atoms with Gasteiger partial charge in [-0.1, -0.05) is 18.2 Å². The number of para-hydroxylation sites is 1. The summed E-state index contributed by atoms with van der Waals surface area (Å²) in [6, 6.07) is 11.1. The molecule has 0 saturated heterocycles. The number of aliphatic hydroxyl groups excluding tert-OH is 1. The molecule has 1 aromatic heterocycles. The fourth-order valence-corrected chi connectivity index (χ4v) is 2.17. The Balaban J connectivity index is 1.91. The summed E-state index contributed by atoms with van der Waals surface area (Å²) < 4.78 is 26.1. The fraction of sp³-hybridized carbons (Fsp3) is 0.125. The zero-order chi connectivity index (χ0) is 15.5. The van der Waals surface area contributed by atoms with Crippen molar-refractivity contribution >= 4 is 16.7 Å². The summed E-state index contributed by atoms with van der Waals surface area (Å²) in [6.07, 6.45) is 0. The van der Waals surface area contributed by atoms with Gasteiger partial charge in [-0.2, -0.15) is 0 Å².